The molecule has 34 heavy (non-hydrogen) atoms. The molecule has 0 saturated heterocycles. The molecule has 0 aliphatic heterocycles. The standard InChI is InChI=1S/C27H26N6O/c1-18-9-7-8-12-22(18)16-32-19(2)15-24(31-32)29-25(34)17-33-27-26(20(3)30-33)23(13-14-28-27)21-10-5-4-6-11-21/h4-15H,16-17H2,1-3H3,(H,29,31,34). The maximum atomic E-state index is 12.9. The van der Waals surface area contributed by atoms with Gasteiger partial charge in [-0.3, -0.25) is 9.48 Å². The average molecular weight is 451 g/mol. The predicted octanol–water partition coefficient (Wildman–Crippen LogP) is 4.91. The second kappa shape index (κ2) is 8.94. The first-order chi connectivity index (χ1) is 16.5. The average Bonchev–Trinajstić information content (AvgIpc) is 3.34. The number of anilines is 1. The molecule has 0 fully saturated rings. The van der Waals surface area contributed by atoms with Crippen LogP contribution in [0, 0.1) is 20.8 Å². The van der Waals surface area contributed by atoms with Gasteiger partial charge in [-0.1, -0.05) is 54.6 Å². The van der Waals surface area contributed by atoms with Crippen molar-refractivity contribution in [3.05, 3.63) is 95.4 Å². The first kappa shape index (κ1) is 21.6. The lowest BCUT2D eigenvalue weighted by atomic mass is 10.0. The normalized spacial score (nSPS) is 11.1. The first-order valence-corrected chi connectivity index (χ1v) is 11.3. The Balaban J connectivity index is 1.36. The van der Waals surface area contributed by atoms with Crippen LogP contribution in [0.1, 0.15) is 22.5 Å². The number of nitrogens with zero attached hydrogens (tertiary/aromatic N) is 5. The number of pyridine rings is 1. The van der Waals surface area contributed by atoms with E-state index in [0.717, 1.165) is 27.9 Å². The number of hydrogen-bond acceptors (Lipinski definition) is 4. The van der Waals surface area contributed by atoms with E-state index in [9.17, 15) is 4.79 Å². The summed E-state index contributed by atoms with van der Waals surface area (Å²) in [6.45, 7) is 6.73. The lowest BCUT2D eigenvalue weighted by Gasteiger charge is -2.07. The fraction of sp³-hybridized carbons (Fsp3) is 0.185. The highest BCUT2D eigenvalue weighted by atomic mass is 16.2. The molecule has 3 aromatic heterocycles. The van der Waals surface area contributed by atoms with Gasteiger partial charge in [-0.2, -0.15) is 10.2 Å². The second-order valence-corrected chi connectivity index (χ2v) is 8.47. The summed E-state index contributed by atoms with van der Waals surface area (Å²) in [7, 11) is 0. The van der Waals surface area contributed by atoms with E-state index < -0.39 is 0 Å². The zero-order valence-corrected chi connectivity index (χ0v) is 19.5. The highest BCUT2D eigenvalue weighted by Gasteiger charge is 2.17. The molecule has 5 rings (SSSR count). The molecule has 0 radical (unpaired) electrons. The number of benzene rings is 2. The van der Waals surface area contributed by atoms with Gasteiger partial charge in [-0.05, 0) is 49.1 Å². The van der Waals surface area contributed by atoms with Gasteiger partial charge in [0.25, 0.3) is 0 Å². The minimum absolute atomic E-state index is 0.0548. The lowest BCUT2D eigenvalue weighted by molar-refractivity contribution is -0.116. The SMILES string of the molecule is Cc1ccccc1Cn1nc(NC(=O)Cn2nc(C)c3c(-c4ccccc4)ccnc32)cc1C. The quantitative estimate of drug-likeness (QED) is 0.399. The maximum absolute atomic E-state index is 12.9. The van der Waals surface area contributed by atoms with E-state index in [1.165, 1.54) is 11.1 Å². The summed E-state index contributed by atoms with van der Waals surface area (Å²) < 4.78 is 3.56. The Hall–Kier alpha value is -4.26. The number of carbonyl (C=O) groups excluding carboxylic acids is 1. The van der Waals surface area contributed by atoms with Crippen LogP contribution >= 0.6 is 0 Å². The number of nitrogens with one attached hydrogen (secondary N) is 1. The van der Waals surface area contributed by atoms with E-state index in [1.54, 1.807) is 10.9 Å². The maximum Gasteiger partial charge on any atom is 0.247 e. The summed E-state index contributed by atoms with van der Waals surface area (Å²) in [5.74, 6) is 0.332. The van der Waals surface area contributed by atoms with Gasteiger partial charge in [-0.25, -0.2) is 9.67 Å². The lowest BCUT2D eigenvalue weighted by Crippen LogP contribution is -2.20. The van der Waals surface area contributed by atoms with Gasteiger partial charge in [0.05, 0.1) is 12.2 Å². The van der Waals surface area contributed by atoms with Gasteiger partial charge in [-0.15, -0.1) is 0 Å². The molecule has 1 N–H and O–H groups in total. The van der Waals surface area contributed by atoms with Gasteiger partial charge >= 0.3 is 0 Å². The van der Waals surface area contributed by atoms with Crippen molar-refractivity contribution < 1.29 is 4.79 Å². The molecule has 0 saturated carbocycles. The minimum Gasteiger partial charge on any atom is -0.308 e. The fourth-order valence-electron chi connectivity index (χ4n) is 4.25. The van der Waals surface area contributed by atoms with Crippen LogP contribution in [0.5, 0.6) is 0 Å². The van der Waals surface area contributed by atoms with E-state index in [0.29, 0.717) is 18.0 Å². The van der Waals surface area contributed by atoms with Gasteiger partial charge in [0.15, 0.2) is 11.5 Å². The molecule has 7 heteroatoms. The van der Waals surface area contributed by atoms with Crippen molar-refractivity contribution in [2.75, 3.05) is 5.32 Å². The number of amides is 1. The highest BCUT2D eigenvalue weighted by molar-refractivity contribution is 5.96. The van der Waals surface area contributed by atoms with Gasteiger partial charge < -0.3 is 5.32 Å². The van der Waals surface area contributed by atoms with E-state index in [2.05, 4.69) is 51.7 Å². The summed E-state index contributed by atoms with van der Waals surface area (Å²) >= 11 is 0. The van der Waals surface area contributed by atoms with Crippen LogP contribution < -0.4 is 5.32 Å². The van der Waals surface area contributed by atoms with Crippen LogP contribution in [0.25, 0.3) is 22.2 Å². The molecule has 0 bridgehead atoms. The Morgan fingerprint density at radius 3 is 2.47 bits per heavy atom. The van der Waals surface area contributed by atoms with Crippen LogP contribution in [0.3, 0.4) is 0 Å². The smallest absolute Gasteiger partial charge is 0.247 e. The van der Waals surface area contributed by atoms with Crippen molar-refractivity contribution in [2.24, 2.45) is 0 Å². The van der Waals surface area contributed by atoms with Crippen LogP contribution in [0.2, 0.25) is 0 Å². The molecule has 0 spiro atoms. The van der Waals surface area contributed by atoms with E-state index in [4.69, 9.17) is 0 Å². The number of carbonyl (C=O) groups is 1. The van der Waals surface area contributed by atoms with Crippen molar-refractivity contribution in [1.82, 2.24) is 24.5 Å². The molecule has 0 aliphatic rings. The summed E-state index contributed by atoms with van der Waals surface area (Å²) in [6.07, 6.45) is 1.76. The largest absolute Gasteiger partial charge is 0.308 e. The molecule has 7 nitrogen and oxygen atoms in total. The van der Waals surface area contributed by atoms with Crippen molar-refractivity contribution in [2.45, 2.75) is 33.9 Å². The van der Waals surface area contributed by atoms with E-state index in [1.807, 2.05) is 61.0 Å². The van der Waals surface area contributed by atoms with Crippen molar-refractivity contribution in [1.29, 1.82) is 0 Å². The molecular weight excluding hydrogens is 424 g/mol. The highest BCUT2D eigenvalue weighted by Crippen LogP contribution is 2.29. The van der Waals surface area contributed by atoms with E-state index in [-0.39, 0.29) is 12.5 Å². The number of fused-ring (bicyclic) bond motifs is 1. The molecular formula is C27H26N6O. The van der Waals surface area contributed by atoms with Crippen LogP contribution in [0.4, 0.5) is 5.82 Å². The molecule has 2 aromatic carbocycles. The number of aryl methyl sites for hydroxylation is 3. The third-order valence-corrected chi connectivity index (χ3v) is 6.02. The summed E-state index contributed by atoms with van der Waals surface area (Å²) in [5, 5.41) is 13.1. The Morgan fingerprint density at radius 1 is 0.912 bits per heavy atom. The molecule has 5 aromatic rings. The summed E-state index contributed by atoms with van der Waals surface area (Å²) in [4.78, 5) is 17.4. The monoisotopic (exact) mass is 450 g/mol. The van der Waals surface area contributed by atoms with Crippen LogP contribution in [0.15, 0.2) is 72.9 Å². The Kier molecular flexibility index (Phi) is 5.67. The van der Waals surface area contributed by atoms with E-state index >= 15 is 0 Å². The van der Waals surface area contributed by atoms with Crippen LogP contribution in [-0.4, -0.2) is 30.5 Å². The number of rotatable bonds is 6. The zero-order valence-electron chi connectivity index (χ0n) is 19.5. The number of hydrogen-bond donors (Lipinski definition) is 1. The first-order valence-electron chi connectivity index (χ1n) is 11.3. The zero-order chi connectivity index (χ0) is 23.7. The Labute approximate surface area is 198 Å². The second-order valence-electron chi connectivity index (χ2n) is 8.47. The van der Waals surface area contributed by atoms with Crippen LogP contribution in [-0.2, 0) is 17.9 Å². The molecule has 0 aliphatic carbocycles. The van der Waals surface area contributed by atoms with Crippen molar-refractivity contribution in [3.8, 4) is 11.1 Å². The summed E-state index contributed by atoms with van der Waals surface area (Å²) in [6, 6.07) is 22.2. The van der Waals surface area contributed by atoms with Gasteiger partial charge in [0.2, 0.25) is 5.91 Å². The Bertz CT molecular complexity index is 1480. The predicted molar refractivity (Wildman–Crippen MR) is 134 cm³/mol. The molecule has 0 atom stereocenters. The summed E-state index contributed by atoms with van der Waals surface area (Å²) in [5.41, 5.74) is 7.07. The fourth-order valence-corrected chi connectivity index (χ4v) is 4.25. The topological polar surface area (TPSA) is 77.6 Å². The molecule has 1 amide bonds. The Morgan fingerprint density at radius 2 is 1.68 bits per heavy atom. The molecule has 3 heterocycles. The third-order valence-electron chi connectivity index (χ3n) is 6.02. The number of aromatic nitrogens is 5. The molecule has 0 unspecified atom stereocenters. The van der Waals surface area contributed by atoms with Crippen molar-refractivity contribution in [3.63, 3.8) is 0 Å². The van der Waals surface area contributed by atoms with Crippen molar-refractivity contribution >= 4 is 22.8 Å². The van der Waals surface area contributed by atoms with Gasteiger partial charge in [0, 0.05) is 23.3 Å². The molecule has 170 valence electrons. The minimum atomic E-state index is -0.197. The van der Waals surface area contributed by atoms with Gasteiger partial charge in [0.1, 0.15) is 6.54 Å². The third kappa shape index (κ3) is 4.20.